The summed E-state index contributed by atoms with van der Waals surface area (Å²) in [6.45, 7) is 0. The zero-order valence-electron chi connectivity index (χ0n) is 10.3. The molecule has 0 aromatic heterocycles. The van der Waals surface area contributed by atoms with Gasteiger partial charge >= 0.3 is 0 Å². The molecule has 0 amide bonds. The fourth-order valence-electron chi connectivity index (χ4n) is 1.74. The first-order valence-electron chi connectivity index (χ1n) is 5.56. The maximum Gasteiger partial charge on any atom is 0.194 e. The Hall–Kier alpha value is -1.01. The van der Waals surface area contributed by atoms with Crippen LogP contribution in [0.4, 0.5) is 13.2 Å². The molecule has 0 saturated heterocycles. The van der Waals surface area contributed by atoms with E-state index < -0.39 is 22.3 Å². The number of hydrogen-bond acceptors (Lipinski definition) is 1. The predicted molar refractivity (Wildman–Crippen MR) is 77.8 cm³/mol. The molecule has 2 rings (SSSR count). The van der Waals surface area contributed by atoms with E-state index in [0.717, 1.165) is 6.07 Å². The van der Waals surface area contributed by atoms with Crippen molar-refractivity contribution in [2.45, 2.75) is 4.83 Å². The zero-order chi connectivity index (χ0) is 14.9. The third kappa shape index (κ3) is 2.86. The Kier molecular flexibility index (Phi) is 4.75. The Morgan fingerprint density at radius 1 is 1.00 bits per heavy atom. The van der Waals surface area contributed by atoms with Gasteiger partial charge in [0.25, 0.3) is 0 Å². The summed E-state index contributed by atoms with van der Waals surface area (Å²) in [4.78, 5) is -0.613. The first-order chi connectivity index (χ1) is 9.45. The first kappa shape index (κ1) is 15.4. The van der Waals surface area contributed by atoms with Crippen molar-refractivity contribution in [2.24, 2.45) is 0 Å². The van der Waals surface area contributed by atoms with Crippen LogP contribution in [0.15, 0.2) is 34.8 Å². The summed E-state index contributed by atoms with van der Waals surface area (Å²) >= 11 is 6.64. The van der Waals surface area contributed by atoms with Gasteiger partial charge in [-0.1, -0.05) is 44.0 Å². The number of methoxy groups -OCH3 is 1. The van der Waals surface area contributed by atoms with Gasteiger partial charge in [0.15, 0.2) is 17.5 Å². The van der Waals surface area contributed by atoms with Gasteiger partial charge in [-0.3, -0.25) is 0 Å². The lowest BCUT2D eigenvalue weighted by Crippen LogP contribution is -2.02. The number of halogens is 5. The van der Waals surface area contributed by atoms with Crippen LogP contribution in [0.25, 0.3) is 0 Å². The van der Waals surface area contributed by atoms with Crippen LogP contribution in [0.1, 0.15) is 16.0 Å². The van der Waals surface area contributed by atoms with E-state index in [1.807, 2.05) is 0 Å². The zero-order valence-corrected chi connectivity index (χ0v) is 13.4. The molecular weight excluding hydrogens is 401 g/mol. The minimum Gasteiger partial charge on any atom is -0.497 e. The minimum atomic E-state index is -1.48. The molecule has 0 bridgehead atoms. The van der Waals surface area contributed by atoms with E-state index in [4.69, 9.17) is 4.74 Å². The summed E-state index contributed by atoms with van der Waals surface area (Å²) in [7, 11) is 1.53. The largest absolute Gasteiger partial charge is 0.497 e. The van der Waals surface area contributed by atoms with Crippen LogP contribution in [-0.4, -0.2) is 7.11 Å². The Bertz CT molecular complexity index is 647. The highest BCUT2D eigenvalue weighted by Gasteiger charge is 2.21. The molecule has 0 aliphatic carbocycles. The van der Waals surface area contributed by atoms with Crippen molar-refractivity contribution in [1.82, 2.24) is 0 Å². The molecular formula is C14H9Br2F3O. The number of ether oxygens (including phenoxy) is 1. The first-order valence-corrected chi connectivity index (χ1v) is 7.27. The SMILES string of the molecule is COc1ccc(C(Br)c2ccc(F)c(F)c2F)c(Br)c1. The van der Waals surface area contributed by atoms with Crippen molar-refractivity contribution in [1.29, 1.82) is 0 Å². The van der Waals surface area contributed by atoms with Gasteiger partial charge in [0, 0.05) is 10.0 Å². The van der Waals surface area contributed by atoms with E-state index in [-0.39, 0.29) is 5.56 Å². The standard InChI is InChI=1S/C14H9Br2F3O/c1-20-7-2-3-8(10(15)6-7)12(16)9-4-5-11(17)14(19)13(9)18/h2-6,12H,1H3. The number of rotatable bonds is 3. The molecule has 0 saturated carbocycles. The molecule has 2 aromatic rings. The van der Waals surface area contributed by atoms with E-state index in [0.29, 0.717) is 15.8 Å². The summed E-state index contributed by atoms with van der Waals surface area (Å²) in [6, 6.07) is 7.24. The summed E-state index contributed by atoms with van der Waals surface area (Å²) in [5, 5.41) is 0. The molecule has 0 N–H and O–H groups in total. The van der Waals surface area contributed by atoms with Crippen molar-refractivity contribution in [3.8, 4) is 5.75 Å². The molecule has 20 heavy (non-hydrogen) atoms. The van der Waals surface area contributed by atoms with Crippen molar-refractivity contribution in [3.63, 3.8) is 0 Å². The molecule has 1 atom stereocenters. The fraction of sp³-hybridized carbons (Fsp3) is 0.143. The molecule has 6 heteroatoms. The van der Waals surface area contributed by atoms with Gasteiger partial charge < -0.3 is 4.74 Å². The van der Waals surface area contributed by atoms with E-state index in [1.165, 1.54) is 13.2 Å². The van der Waals surface area contributed by atoms with Gasteiger partial charge in [0.1, 0.15) is 5.75 Å². The Morgan fingerprint density at radius 3 is 2.25 bits per heavy atom. The van der Waals surface area contributed by atoms with Crippen LogP contribution in [0, 0.1) is 17.5 Å². The highest BCUT2D eigenvalue weighted by atomic mass is 79.9. The third-order valence-corrected chi connectivity index (χ3v) is 4.49. The van der Waals surface area contributed by atoms with E-state index in [2.05, 4.69) is 31.9 Å². The van der Waals surface area contributed by atoms with Gasteiger partial charge in [-0.2, -0.15) is 0 Å². The Morgan fingerprint density at radius 2 is 1.65 bits per heavy atom. The van der Waals surface area contributed by atoms with Gasteiger partial charge in [-0.05, 0) is 23.8 Å². The molecule has 0 radical (unpaired) electrons. The lowest BCUT2D eigenvalue weighted by atomic mass is 10.0. The van der Waals surface area contributed by atoms with Crippen molar-refractivity contribution < 1.29 is 17.9 Å². The van der Waals surface area contributed by atoms with Crippen LogP contribution >= 0.6 is 31.9 Å². The maximum atomic E-state index is 13.8. The van der Waals surface area contributed by atoms with Crippen molar-refractivity contribution in [3.05, 3.63) is 63.4 Å². The molecule has 1 unspecified atom stereocenters. The fourth-order valence-corrected chi connectivity index (χ4v) is 3.39. The maximum absolute atomic E-state index is 13.8. The molecule has 1 nitrogen and oxygen atoms in total. The van der Waals surface area contributed by atoms with Gasteiger partial charge in [0.05, 0.1) is 11.9 Å². The average molecular weight is 410 g/mol. The second-order valence-electron chi connectivity index (χ2n) is 4.01. The number of hydrogen-bond donors (Lipinski definition) is 0. The Labute approximate surface area is 131 Å². The summed E-state index contributed by atoms with van der Waals surface area (Å²) in [5.74, 6) is -3.25. The quantitative estimate of drug-likeness (QED) is 0.489. The topological polar surface area (TPSA) is 9.23 Å². The average Bonchev–Trinajstić information content (AvgIpc) is 2.44. The summed E-state index contributed by atoms with van der Waals surface area (Å²) in [5.41, 5.74) is 0.700. The summed E-state index contributed by atoms with van der Waals surface area (Å²) < 4.78 is 45.8. The molecule has 2 aromatic carbocycles. The molecule has 0 aliphatic heterocycles. The third-order valence-electron chi connectivity index (χ3n) is 2.82. The molecule has 0 aliphatic rings. The Balaban J connectivity index is 2.46. The second kappa shape index (κ2) is 6.18. The lowest BCUT2D eigenvalue weighted by molar-refractivity contribution is 0.414. The van der Waals surface area contributed by atoms with E-state index >= 15 is 0 Å². The second-order valence-corrected chi connectivity index (χ2v) is 5.78. The molecule has 0 spiro atoms. The molecule has 0 fully saturated rings. The summed E-state index contributed by atoms with van der Waals surface area (Å²) in [6.07, 6.45) is 0. The monoisotopic (exact) mass is 408 g/mol. The normalized spacial score (nSPS) is 12.3. The van der Waals surface area contributed by atoms with Crippen molar-refractivity contribution >= 4 is 31.9 Å². The highest BCUT2D eigenvalue weighted by molar-refractivity contribution is 9.11. The van der Waals surface area contributed by atoms with Crippen LogP contribution in [0.3, 0.4) is 0 Å². The number of benzene rings is 2. The molecule has 0 heterocycles. The van der Waals surface area contributed by atoms with Crippen LogP contribution in [0.2, 0.25) is 0 Å². The highest BCUT2D eigenvalue weighted by Crippen LogP contribution is 2.38. The number of alkyl halides is 1. The van der Waals surface area contributed by atoms with Crippen LogP contribution in [-0.2, 0) is 0 Å². The van der Waals surface area contributed by atoms with E-state index in [9.17, 15) is 13.2 Å². The smallest absolute Gasteiger partial charge is 0.194 e. The predicted octanol–water partition coefficient (Wildman–Crippen LogP) is 5.36. The van der Waals surface area contributed by atoms with E-state index in [1.54, 1.807) is 18.2 Å². The minimum absolute atomic E-state index is 0.0229. The molecule has 106 valence electrons. The van der Waals surface area contributed by atoms with Crippen LogP contribution in [0.5, 0.6) is 5.75 Å². The van der Waals surface area contributed by atoms with Crippen LogP contribution < -0.4 is 4.74 Å². The van der Waals surface area contributed by atoms with Gasteiger partial charge in [-0.25, -0.2) is 13.2 Å². The lowest BCUT2D eigenvalue weighted by Gasteiger charge is -2.15. The van der Waals surface area contributed by atoms with Gasteiger partial charge in [0.2, 0.25) is 0 Å². The van der Waals surface area contributed by atoms with Gasteiger partial charge in [-0.15, -0.1) is 0 Å². The van der Waals surface area contributed by atoms with Crippen molar-refractivity contribution in [2.75, 3.05) is 7.11 Å².